The lowest BCUT2D eigenvalue weighted by molar-refractivity contribution is -0.0592. The smallest absolute Gasteiger partial charge is 0.289 e. The van der Waals surface area contributed by atoms with E-state index in [2.05, 4.69) is 32.0 Å². The van der Waals surface area contributed by atoms with Crippen LogP contribution in [0, 0.1) is 13.8 Å². The van der Waals surface area contributed by atoms with Gasteiger partial charge in [0.2, 0.25) is 0 Å². The van der Waals surface area contributed by atoms with Gasteiger partial charge in [0.15, 0.2) is 5.76 Å². The molecule has 5 heteroatoms. The van der Waals surface area contributed by atoms with Crippen LogP contribution in [-0.4, -0.2) is 36.1 Å². The van der Waals surface area contributed by atoms with E-state index in [1.165, 1.54) is 16.0 Å². The van der Waals surface area contributed by atoms with E-state index in [1.807, 2.05) is 24.8 Å². The SMILES string of the molecule is Cc1cccc(C)c1SCc1ccc(C(=O)N2C[C@@H](C)O[C@@H](C)C2)o1. The van der Waals surface area contributed by atoms with Crippen molar-refractivity contribution in [1.29, 1.82) is 0 Å². The average Bonchev–Trinajstić information content (AvgIpc) is 3.01. The molecule has 3 rings (SSSR count). The van der Waals surface area contributed by atoms with Gasteiger partial charge in [0.1, 0.15) is 5.76 Å². The summed E-state index contributed by atoms with van der Waals surface area (Å²) in [6.45, 7) is 9.43. The Kier molecular flexibility index (Phi) is 5.54. The van der Waals surface area contributed by atoms with Gasteiger partial charge >= 0.3 is 0 Å². The zero-order valence-electron chi connectivity index (χ0n) is 15.2. The van der Waals surface area contributed by atoms with E-state index in [0.29, 0.717) is 18.8 Å². The van der Waals surface area contributed by atoms with Crippen molar-refractivity contribution in [3.63, 3.8) is 0 Å². The second-order valence-corrected chi connectivity index (χ2v) is 7.73. The Morgan fingerprint density at radius 2 is 1.76 bits per heavy atom. The number of nitrogens with zero attached hydrogens (tertiary/aromatic N) is 1. The molecule has 1 amide bonds. The van der Waals surface area contributed by atoms with E-state index >= 15 is 0 Å². The topological polar surface area (TPSA) is 42.7 Å². The summed E-state index contributed by atoms with van der Waals surface area (Å²) in [5.74, 6) is 1.91. The maximum Gasteiger partial charge on any atom is 0.289 e. The summed E-state index contributed by atoms with van der Waals surface area (Å²) in [5, 5.41) is 0. The molecule has 2 aromatic rings. The molecule has 4 nitrogen and oxygen atoms in total. The standard InChI is InChI=1S/C20H25NO3S/c1-13-6-5-7-14(2)19(13)25-12-17-8-9-18(24-17)20(22)21-10-15(3)23-16(4)11-21/h5-9,15-16H,10-12H2,1-4H3/t15-,16+. The van der Waals surface area contributed by atoms with Gasteiger partial charge < -0.3 is 14.1 Å². The fourth-order valence-corrected chi connectivity index (χ4v) is 4.27. The van der Waals surface area contributed by atoms with Crippen molar-refractivity contribution in [1.82, 2.24) is 4.90 Å². The predicted molar refractivity (Wildman–Crippen MR) is 100 cm³/mol. The van der Waals surface area contributed by atoms with E-state index in [1.54, 1.807) is 17.8 Å². The fraction of sp³-hybridized carbons (Fsp3) is 0.450. The van der Waals surface area contributed by atoms with Crippen LogP contribution < -0.4 is 0 Å². The van der Waals surface area contributed by atoms with Gasteiger partial charge in [-0.1, -0.05) is 18.2 Å². The normalized spacial score (nSPS) is 20.7. The molecule has 1 saturated heterocycles. The van der Waals surface area contributed by atoms with E-state index in [-0.39, 0.29) is 18.1 Å². The highest BCUT2D eigenvalue weighted by Gasteiger charge is 2.28. The van der Waals surface area contributed by atoms with Crippen molar-refractivity contribution >= 4 is 17.7 Å². The Balaban J connectivity index is 1.65. The van der Waals surface area contributed by atoms with Gasteiger partial charge in [-0.3, -0.25) is 4.79 Å². The van der Waals surface area contributed by atoms with E-state index < -0.39 is 0 Å². The quantitative estimate of drug-likeness (QED) is 0.757. The van der Waals surface area contributed by atoms with E-state index in [9.17, 15) is 4.79 Å². The van der Waals surface area contributed by atoms with E-state index in [4.69, 9.17) is 9.15 Å². The summed E-state index contributed by atoms with van der Waals surface area (Å²) in [6, 6.07) is 10.00. The van der Waals surface area contributed by atoms with Crippen LogP contribution in [0.25, 0.3) is 0 Å². The van der Waals surface area contributed by atoms with Gasteiger partial charge in [0, 0.05) is 18.0 Å². The monoisotopic (exact) mass is 359 g/mol. The Morgan fingerprint density at radius 3 is 2.40 bits per heavy atom. The molecular weight excluding hydrogens is 334 g/mol. The molecule has 0 bridgehead atoms. The van der Waals surface area contributed by atoms with Crippen molar-refractivity contribution in [3.8, 4) is 0 Å². The minimum atomic E-state index is -0.0506. The highest BCUT2D eigenvalue weighted by Crippen LogP contribution is 2.30. The molecule has 0 radical (unpaired) electrons. The van der Waals surface area contributed by atoms with Gasteiger partial charge in [-0.05, 0) is 51.0 Å². The molecule has 2 atom stereocenters. The second kappa shape index (κ2) is 7.67. The number of hydrogen-bond acceptors (Lipinski definition) is 4. The molecule has 0 N–H and O–H groups in total. The van der Waals surface area contributed by atoms with Gasteiger partial charge in [-0.2, -0.15) is 0 Å². The molecule has 2 heterocycles. The molecule has 0 unspecified atom stereocenters. The minimum Gasteiger partial charge on any atom is -0.455 e. The molecule has 1 fully saturated rings. The summed E-state index contributed by atoms with van der Waals surface area (Å²) < 4.78 is 11.5. The maximum atomic E-state index is 12.7. The zero-order chi connectivity index (χ0) is 18.0. The Labute approximate surface area is 153 Å². The lowest BCUT2D eigenvalue weighted by atomic mass is 10.2. The van der Waals surface area contributed by atoms with Crippen molar-refractivity contribution in [3.05, 3.63) is 53.0 Å². The van der Waals surface area contributed by atoms with Crippen LogP contribution in [0.5, 0.6) is 0 Å². The van der Waals surface area contributed by atoms with Crippen molar-refractivity contribution < 1.29 is 13.9 Å². The van der Waals surface area contributed by atoms with Crippen LogP contribution in [0.3, 0.4) is 0 Å². The Bertz CT molecular complexity index is 725. The predicted octanol–water partition coefficient (Wildman–Crippen LogP) is 4.44. The molecule has 25 heavy (non-hydrogen) atoms. The number of furan rings is 1. The first kappa shape index (κ1) is 18.1. The van der Waals surface area contributed by atoms with Gasteiger partial charge in [-0.15, -0.1) is 11.8 Å². The number of carbonyl (C=O) groups excluding carboxylic acids is 1. The number of benzene rings is 1. The summed E-state index contributed by atoms with van der Waals surface area (Å²) in [6.07, 6.45) is 0.114. The highest BCUT2D eigenvalue weighted by molar-refractivity contribution is 7.98. The van der Waals surface area contributed by atoms with Gasteiger partial charge in [0.25, 0.3) is 5.91 Å². The van der Waals surface area contributed by atoms with Crippen LogP contribution in [0.15, 0.2) is 39.6 Å². The third-order valence-corrected chi connectivity index (χ3v) is 5.71. The summed E-state index contributed by atoms with van der Waals surface area (Å²) in [4.78, 5) is 15.8. The fourth-order valence-electron chi connectivity index (χ4n) is 3.24. The van der Waals surface area contributed by atoms with Crippen molar-refractivity contribution in [2.45, 2.75) is 50.6 Å². The molecule has 0 aliphatic carbocycles. The molecule has 1 aromatic carbocycles. The molecule has 134 valence electrons. The lowest BCUT2D eigenvalue weighted by Gasteiger charge is -2.34. The number of thioether (sulfide) groups is 1. The maximum absolute atomic E-state index is 12.7. The van der Waals surface area contributed by atoms with Gasteiger partial charge in [-0.25, -0.2) is 0 Å². The van der Waals surface area contributed by atoms with Crippen molar-refractivity contribution in [2.24, 2.45) is 0 Å². The van der Waals surface area contributed by atoms with Crippen LogP contribution >= 0.6 is 11.8 Å². The summed E-state index contributed by atoms with van der Waals surface area (Å²) in [5.41, 5.74) is 2.54. The molecular formula is C20H25NO3S. The first-order valence-corrected chi connectivity index (χ1v) is 9.65. The number of ether oxygens (including phenoxy) is 1. The van der Waals surface area contributed by atoms with Crippen LogP contribution in [0.2, 0.25) is 0 Å². The second-order valence-electron chi connectivity index (χ2n) is 6.74. The van der Waals surface area contributed by atoms with Crippen LogP contribution in [0.1, 0.15) is 41.3 Å². The molecule has 0 spiro atoms. The number of amides is 1. The van der Waals surface area contributed by atoms with Gasteiger partial charge in [0.05, 0.1) is 18.0 Å². The van der Waals surface area contributed by atoms with Crippen LogP contribution in [0.4, 0.5) is 0 Å². The third-order valence-electron chi connectivity index (χ3n) is 4.35. The number of morpholine rings is 1. The number of aryl methyl sites for hydroxylation is 2. The van der Waals surface area contributed by atoms with Crippen LogP contribution in [-0.2, 0) is 10.5 Å². The molecule has 1 aliphatic rings. The molecule has 1 aromatic heterocycles. The Hall–Kier alpha value is -1.72. The highest BCUT2D eigenvalue weighted by atomic mass is 32.2. The summed E-state index contributed by atoms with van der Waals surface area (Å²) in [7, 11) is 0. The minimum absolute atomic E-state index is 0.0506. The molecule has 1 aliphatic heterocycles. The first-order chi connectivity index (χ1) is 11.9. The third kappa shape index (κ3) is 4.28. The largest absolute Gasteiger partial charge is 0.455 e. The lowest BCUT2D eigenvalue weighted by Crippen LogP contribution is -2.48. The molecule has 0 saturated carbocycles. The zero-order valence-corrected chi connectivity index (χ0v) is 16.1. The number of carbonyl (C=O) groups is 1. The van der Waals surface area contributed by atoms with Crippen molar-refractivity contribution in [2.75, 3.05) is 13.1 Å². The first-order valence-electron chi connectivity index (χ1n) is 8.66. The average molecular weight is 359 g/mol. The van der Waals surface area contributed by atoms with E-state index in [0.717, 1.165) is 11.5 Å². The Morgan fingerprint density at radius 1 is 1.12 bits per heavy atom. The number of hydrogen-bond donors (Lipinski definition) is 0. The summed E-state index contributed by atoms with van der Waals surface area (Å²) >= 11 is 1.75. The number of rotatable bonds is 4.